The molecule has 0 bridgehead atoms. The van der Waals surface area contributed by atoms with E-state index in [1.165, 1.54) is 0 Å². The van der Waals surface area contributed by atoms with Crippen LogP contribution in [0, 0.1) is 0 Å². The number of benzene rings is 1. The minimum Gasteiger partial charge on any atom is -0.462 e. The number of ether oxygens (including phenoxy) is 1. The molecule has 1 aliphatic heterocycles. The lowest BCUT2D eigenvalue weighted by Crippen LogP contribution is -2.04. The van der Waals surface area contributed by atoms with Crippen LogP contribution in [-0.2, 0) is 4.74 Å². The zero-order valence-electron chi connectivity index (χ0n) is 12.0. The van der Waals surface area contributed by atoms with E-state index in [-0.39, 0.29) is 5.15 Å². The van der Waals surface area contributed by atoms with E-state index in [1.54, 1.807) is 6.92 Å². The molecule has 0 saturated carbocycles. The Bertz CT molecular complexity index is 787. The van der Waals surface area contributed by atoms with Gasteiger partial charge in [-0.3, -0.25) is 0 Å². The number of nitrogens with zero attached hydrogens (tertiary/aromatic N) is 1. The summed E-state index contributed by atoms with van der Waals surface area (Å²) in [7, 11) is 0. The highest BCUT2D eigenvalue weighted by Crippen LogP contribution is 2.37. The van der Waals surface area contributed by atoms with Gasteiger partial charge in [-0.2, -0.15) is 0 Å². The van der Waals surface area contributed by atoms with Gasteiger partial charge < -0.3 is 4.74 Å². The van der Waals surface area contributed by atoms with Crippen molar-refractivity contribution in [2.24, 2.45) is 0 Å². The van der Waals surface area contributed by atoms with Crippen molar-refractivity contribution in [3.63, 3.8) is 0 Å². The second-order valence-electron chi connectivity index (χ2n) is 4.76. The summed E-state index contributed by atoms with van der Waals surface area (Å²) in [4.78, 5) is 16.5. The number of hydrogen-bond acceptors (Lipinski definition) is 3. The van der Waals surface area contributed by atoms with Gasteiger partial charge in [0.15, 0.2) is 0 Å². The largest absolute Gasteiger partial charge is 0.462 e. The van der Waals surface area contributed by atoms with Gasteiger partial charge >= 0.3 is 5.97 Å². The number of hydrogen-bond donors (Lipinski definition) is 0. The summed E-state index contributed by atoms with van der Waals surface area (Å²) < 4.78 is 5.09. The third kappa shape index (κ3) is 2.55. The Kier molecular flexibility index (Phi) is 4.07. The highest BCUT2D eigenvalue weighted by molar-refractivity contribution is 6.34. The second-order valence-corrected chi connectivity index (χ2v) is 5.12. The Morgan fingerprint density at radius 2 is 1.68 bits per heavy atom. The van der Waals surface area contributed by atoms with Crippen LogP contribution in [-0.4, -0.2) is 17.6 Å². The zero-order valence-corrected chi connectivity index (χ0v) is 12.8. The third-order valence-electron chi connectivity index (χ3n) is 3.40. The molecular formula is C18H14ClNO2. The lowest BCUT2D eigenvalue weighted by Gasteiger charge is -2.04. The molecule has 4 heteroatoms. The molecule has 0 unspecified atom stereocenters. The maximum atomic E-state index is 12.1. The van der Waals surface area contributed by atoms with Gasteiger partial charge in [0.25, 0.3) is 0 Å². The van der Waals surface area contributed by atoms with E-state index >= 15 is 0 Å². The van der Waals surface area contributed by atoms with Crippen molar-refractivity contribution in [1.29, 1.82) is 0 Å². The standard InChI is InChI=1S/C18H14ClNO2/c1-2-22-18(21)15-14-11-7-6-10-13(16(14)20-17(15)19)12-8-4-3-5-9-12/h3-11H,2H2,1H3. The SMILES string of the molecule is CCOC(=O)c1c2ccccc(-c3ccccc3)c-2nc1Cl. The van der Waals surface area contributed by atoms with Gasteiger partial charge in [-0.05, 0) is 12.5 Å². The van der Waals surface area contributed by atoms with Gasteiger partial charge in [-0.1, -0.05) is 66.2 Å². The molecule has 0 N–H and O–H groups in total. The Morgan fingerprint density at radius 1 is 1.05 bits per heavy atom. The predicted octanol–water partition coefficient (Wildman–Crippen LogP) is 4.68. The van der Waals surface area contributed by atoms with Crippen LogP contribution >= 0.6 is 11.6 Å². The molecule has 0 fully saturated rings. The van der Waals surface area contributed by atoms with Gasteiger partial charge in [0, 0.05) is 11.1 Å². The molecule has 2 aliphatic rings. The number of halogens is 1. The van der Waals surface area contributed by atoms with Crippen LogP contribution in [0.1, 0.15) is 17.3 Å². The summed E-state index contributed by atoms with van der Waals surface area (Å²) in [5.41, 5.74) is 3.68. The summed E-state index contributed by atoms with van der Waals surface area (Å²) in [6.07, 6.45) is 0. The number of fused-ring (bicyclic) bond motifs is 1. The van der Waals surface area contributed by atoms with Crippen LogP contribution in [0.3, 0.4) is 0 Å². The summed E-state index contributed by atoms with van der Waals surface area (Å²) in [5, 5.41) is 0.178. The molecule has 1 aromatic carbocycles. The maximum Gasteiger partial charge on any atom is 0.341 e. The number of rotatable bonds is 3. The second kappa shape index (κ2) is 6.16. The number of carbonyl (C=O) groups is 1. The smallest absolute Gasteiger partial charge is 0.341 e. The van der Waals surface area contributed by atoms with Crippen molar-refractivity contribution in [2.75, 3.05) is 6.61 Å². The van der Waals surface area contributed by atoms with Gasteiger partial charge in [-0.15, -0.1) is 0 Å². The van der Waals surface area contributed by atoms with Gasteiger partial charge in [0.1, 0.15) is 10.7 Å². The fourth-order valence-corrected chi connectivity index (χ4v) is 2.71. The van der Waals surface area contributed by atoms with Crippen LogP contribution in [0.4, 0.5) is 0 Å². The number of esters is 1. The van der Waals surface area contributed by atoms with E-state index in [0.29, 0.717) is 23.4 Å². The summed E-state index contributed by atoms with van der Waals surface area (Å²) in [6.45, 7) is 2.06. The molecule has 1 aromatic rings. The molecule has 0 atom stereocenters. The zero-order chi connectivity index (χ0) is 15.5. The van der Waals surface area contributed by atoms with Crippen LogP contribution < -0.4 is 0 Å². The summed E-state index contributed by atoms with van der Waals surface area (Å²) >= 11 is 6.19. The molecule has 0 amide bonds. The molecule has 22 heavy (non-hydrogen) atoms. The average Bonchev–Trinajstić information content (AvgIpc) is 2.71. The van der Waals surface area contributed by atoms with Gasteiger partial charge in [0.2, 0.25) is 0 Å². The van der Waals surface area contributed by atoms with E-state index in [9.17, 15) is 4.79 Å². The van der Waals surface area contributed by atoms with Crippen molar-refractivity contribution in [3.05, 3.63) is 65.3 Å². The Hall–Kier alpha value is -2.39. The fourth-order valence-electron chi connectivity index (χ4n) is 2.44. The Labute approximate surface area is 133 Å². The van der Waals surface area contributed by atoms with Crippen LogP contribution in [0.25, 0.3) is 22.4 Å². The first-order valence-corrected chi connectivity index (χ1v) is 7.41. The van der Waals surface area contributed by atoms with Gasteiger partial charge in [-0.25, -0.2) is 9.78 Å². The van der Waals surface area contributed by atoms with Crippen molar-refractivity contribution >= 4 is 17.6 Å². The molecule has 0 radical (unpaired) electrons. The summed E-state index contributed by atoms with van der Waals surface area (Å²) in [5.74, 6) is -0.444. The van der Waals surface area contributed by atoms with Crippen molar-refractivity contribution in [2.45, 2.75) is 6.92 Å². The molecule has 0 aromatic heterocycles. The van der Waals surface area contributed by atoms with E-state index < -0.39 is 5.97 Å². The van der Waals surface area contributed by atoms with Crippen LogP contribution in [0.5, 0.6) is 0 Å². The minimum atomic E-state index is -0.444. The topological polar surface area (TPSA) is 39.2 Å². The molecule has 3 rings (SSSR count). The van der Waals surface area contributed by atoms with Crippen molar-refractivity contribution in [1.82, 2.24) is 4.98 Å². The summed E-state index contributed by atoms with van der Waals surface area (Å²) in [6, 6.07) is 17.5. The average molecular weight is 312 g/mol. The normalized spacial score (nSPS) is 10.6. The molecular weight excluding hydrogens is 298 g/mol. The first-order chi connectivity index (χ1) is 10.7. The lowest BCUT2D eigenvalue weighted by molar-refractivity contribution is 0.0528. The highest BCUT2D eigenvalue weighted by atomic mass is 35.5. The Morgan fingerprint density at radius 3 is 2.36 bits per heavy atom. The van der Waals surface area contributed by atoms with Crippen LogP contribution in [0.15, 0.2) is 54.6 Å². The van der Waals surface area contributed by atoms with Gasteiger partial charge in [0.05, 0.1) is 12.3 Å². The van der Waals surface area contributed by atoms with Crippen molar-refractivity contribution in [3.8, 4) is 22.4 Å². The van der Waals surface area contributed by atoms with Crippen molar-refractivity contribution < 1.29 is 9.53 Å². The van der Waals surface area contributed by atoms with E-state index in [2.05, 4.69) is 4.98 Å². The van der Waals surface area contributed by atoms with E-state index in [1.807, 2.05) is 54.6 Å². The molecule has 0 spiro atoms. The molecule has 1 aliphatic carbocycles. The number of carbonyl (C=O) groups excluding carboxylic acids is 1. The molecule has 3 nitrogen and oxygen atoms in total. The molecule has 0 saturated heterocycles. The molecule has 1 heterocycles. The molecule has 110 valence electrons. The third-order valence-corrected chi connectivity index (χ3v) is 3.67. The number of aromatic nitrogens is 1. The maximum absolute atomic E-state index is 12.1. The predicted molar refractivity (Wildman–Crippen MR) is 87.3 cm³/mol. The highest BCUT2D eigenvalue weighted by Gasteiger charge is 2.25. The first-order valence-electron chi connectivity index (χ1n) is 7.03. The van der Waals surface area contributed by atoms with Crippen LogP contribution in [0.2, 0.25) is 5.15 Å². The Balaban J connectivity index is 2.21. The minimum absolute atomic E-state index is 0.178. The van der Waals surface area contributed by atoms with E-state index in [4.69, 9.17) is 16.3 Å². The fraction of sp³-hybridized carbons (Fsp3) is 0.111. The monoisotopic (exact) mass is 311 g/mol. The van der Waals surface area contributed by atoms with E-state index in [0.717, 1.165) is 11.1 Å². The quantitative estimate of drug-likeness (QED) is 0.659. The first kappa shape index (κ1) is 14.5. The lowest BCUT2D eigenvalue weighted by atomic mass is 10.0.